The van der Waals surface area contributed by atoms with Gasteiger partial charge in [-0.3, -0.25) is 0 Å². The van der Waals surface area contributed by atoms with Crippen molar-refractivity contribution in [2.45, 2.75) is 13.8 Å². The first kappa shape index (κ1) is 13.5. The molecule has 2 heteroatoms. The van der Waals surface area contributed by atoms with E-state index in [1.165, 1.54) is 0 Å². The largest absolute Gasteiger partial charge is 0.492 e. The second-order valence-corrected chi connectivity index (χ2v) is 4.82. The van der Waals surface area contributed by atoms with Crippen LogP contribution in [0.4, 0.5) is 0 Å². The van der Waals surface area contributed by atoms with E-state index in [-0.39, 0.29) is 6.61 Å². The monoisotopic (exact) mass is 254 g/mol. The van der Waals surface area contributed by atoms with Gasteiger partial charge in [0.05, 0.1) is 12.2 Å². The Labute approximate surface area is 114 Å². The van der Waals surface area contributed by atoms with Crippen molar-refractivity contribution in [3.8, 4) is 17.6 Å². The molecule has 98 valence electrons. The van der Waals surface area contributed by atoms with E-state index >= 15 is 0 Å². The smallest absolute Gasteiger partial charge is 0.135 e. The highest BCUT2D eigenvalue weighted by Gasteiger charge is 2.07. The van der Waals surface area contributed by atoms with Gasteiger partial charge in [0.25, 0.3) is 0 Å². The molecular formula is C17H18O2. The summed E-state index contributed by atoms with van der Waals surface area (Å²) in [4.78, 5) is 0. The molecule has 2 rings (SSSR count). The lowest BCUT2D eigenvalue weighted by molar-refractivity contribution is 0.271. The van der Waals surface area contributed by atoms with Crippen LogP contribution in [0.2, 0.25) is 0 Å². The van der Waals surface area contributed by atoms with Crippen LogP contribution in [-0.2, 0) is 0 Å². The molecule has 0 aromatic heterocycles. The fourth-order valence-corrected chi connectivity index (χ4v) is 1.89. The van der Waals surface area contributed by atoms with Crippen molar-refractivity contribution in [2.75, 3.05) is 13.2 Å². The molecule has 0 amide bonds. The van der Waals surface area contributed by atoms with E-state index in [1.54, 1.807) is 0 Å². The van der Waals surface area contributed by atoms with Gasteiger partial charge in [0, 0.05) is 5.39 Å². The van der Waals surface area contributed by atoms with E-state index < -0.39 is 0 Å². The van der Waals surface area contributed by atoms with Crippen molar-refractivity contribution in [1.29, 1.82) is 0 Å². The molecule has 0 unspecified atom stereocenters. The van der Waals surface area contributed by atoms with Gasteiger partial charge in [-0.15, -0.1) is 0 Å². The van der Waals surface area contributed by atoms with Crippen molar-refractivity contribution < 1.29 is 9.84 Å². The van der Waals surface area contributed by atoms with Crippen molar-refractivity contribution in [2.24, 2.45) is 5.92 Å². The van der Waals surface area contributed by atoms with Gasteiger partial charge in [-0.2, -0.15) is 0 Å². The summed E-state index contributed by atoms with van der Waals surface area (Å²) < 4.78 is 5.82. The fourth-order valence-electron chi connectivity index (χ4n) is 1.89. The van der Waals surface area contributed by atoms with Crippen LogP contribution in [0.1, 0.15) is 19.4 Å². The SMILES string of the molecule is CC(C)COc1ccc2ccccc2c1C#CCO. The predicted molar refractivity (Wildman–Crippen MR) is 78.2 cm³/mol. The quantitative estimate of drug-likeness (QED) is 0.852. The Balaban J connectivity index is 2.50. The third-order valence-corrected chi connectivity index (χ3v) is 2.76. The molecule has 0 saturated carbocycles. The molecule has 2 nitrogen and oxygen atoms in total. The number of hydrogen-bond donors (Lipinski definition) is 1. The molecule has 0 radical (unpaired) electrons. The Morgan fingerprint density at radius 3 is 2.68 bits per heavy atom. The van der Waals surface area contributed by atoms with Crippen LogP contribution in [0.25, 0.3) is 10.8 Å². The van der Waals surface area contributed by atoms with Crippen LogP contribution in [0.15, 0.2) is 36.4 Å². The highest BCUT2D eigenvalue weighted by molar-refractivity contribution is 5.90. The molecule has 0 aliphatic carbocycles. The Morgan fingerprint density at radius 2 is 1.95 bits per heavy atom. The molecule has 1 N–H and O–H groups in total. The van der Waals surface area contributed by atoms with Crippen molar-refractivity contribution >= 4 is 10.8 Å². The maximum atomic E-state index is 8.89. The highest BCUT2D eigenvalue weighted by Crippen LogP contribution is 2.27. The fraction of sp³-hybridized carbons (Fsp3) is 0.294. The summed E-state index contributed by atoms with van der Waals surface area (Å²) >= 11 is 0. The summed E-state index contributed by atoms with van der Waals surface area (Å²) in [6.45, 7) is 4.74. The summed E-state index contributed by atoms with van der Waals surface area (Å²) in [5.74, 6) is 6.96. The average Bonchev–Trinajstić information content (AvgIpc) is 2.43. The van der Waals surface area contributed by atoms with E-state index in [0.717, 1.165) is 22.1 Å². The zero-order valence-electron chi connectivity index (χ0n) is 11.3. The zero-order valence-corrected chi connectivity index (χ0v) is 11.3. The lowest BCUT2D eigenvalue weighted by Crippen LogP contribution is -2.05. The molecule has 0 bridgehead atoms. The van der Waals surface area contributed by atoms with Crippen molar-refractivity contribution in [3.05, 3.63) is 42.0 Å². The minimum atomic E-state index is -0.146. The molecule has 0 spiro atoms. The van der Waals surface area contributed by atoms with Crippen LogP contribution in [-0.4, -0.2) is 18.3 Å². The number of fused-ring (bicyclic) bond motifs is 1. The Morgan fingerprint density at radius 1 is 1.16 bits per heavy atom. The predicted octanol–water partition coefficient (Wildman–Crippen LogP) is 3.22. The second kappa shape index (κ2) is 6.26. The number of hydrogen-bond acceptors (Lipinski definition) is 2. The van der Waals surface area contributed by atoms with Crippen LogP contribution in [0.5, 0.6) is 5.75 Å². The summed E-state index contributed by atoms with van der Waals surface area (Å²) in [7, 11) is 0. The topological polar surface area (TPSA) is 29.5 Å². The van der Waals surface area contributed by atoms with Crippen LogP contribution in [0, 0.1) is 17.8 Å². The Bertz CT molecular complexity index is 618. The van der Waals surface area contributed by atoms with Gasteiger partial charge in [-0.05, 0) is 17.4 Å². The minimum absolute atomic E-state index is 0.146. The lowest BCUT2D eigenvalue weighted by atomic mass is 10.0. The molecule has 0 saturated heterocycles. The molecule has 0 aliphatic rings. The van der Waals surface area contributed by atoms with Gasteiger partial charge in [-0.1, -0.05) is 56.0 Å². The van der Waals surface area contributed by atoms with Crippen molar-refractivity contribution in [3.63, 3.8) is 0 Å². The van der Waals surface area contributed by atoms with E-state index in [4.69, 9.17) is 9.84 Å². The number of aliphatic hydroxyl groups excluding tert-OH is 1. The molecule has 0 heterocycles. The summed E-state index contributed by atoms with van der Waals surface area (Å²) in [6, 6.07) is 12.0. The second-order valence-electron chi connectivity index (χ2n) is 4.82. The van der Waals surface area contributed by atoms with E-state index in [0.29, 0.717) is 12.5 Å². The maximum absolute atomic E-state index is 8.89. The van der Waals surface area contributed by atoms with Gasteiger partial charge in [0.1, 0.15) is 12.4 Å². The molecule has 0 atom stereocenters. The molecule has 2 aromatic rings. The summed E-state index contributed by atoms with van der Waals surface area (Å²) in [5, 5.41) is 11.1. The third-order valence-electron chi connectivity index (χ3n) is 2.76. The first-order valence-corrected chi connectivity index (χ1v) is 6.46. The first-order chi connectivity index (χ1) is 9.22. The molecule has 0 fully saturated rings. The zero-order chi connectivity index (χ0) is 13.7. The first-order valence-electron chi connectivity index (χ1n) is 6.46. The van der Waals surface area contributed by atoms with Gasteiger partial charge in [0.15, 0.2) is 0 Å². The Hall–Kier alpha value is -1.98. The van der Waals surface area contributed by atoms with E-state index in [2.05, 4.69) is 25.7 Å². The Kier molecular flexibility index (Phi) is 4.43. The van der Waals surface area contributed by atoms with Gasteiger partial charge < -0.3 is 9.84 Å². The van der Waals surface area contributed by atoms with E-state index in [9.17, 15) is 0 Å². The molecular weight excluding hydrogens is 236 g/mol. The average molecular weight is 254 g/mol. The number of aliphatic hydroxyl groups is 1. The van der Waals surface area contributed by atoms with Crippen molar-refractivity contribution in [1.82, 2.24) is 0 Å². The number of ether oxygens (including phenoxy) is 1. The highest BCUT2D eigenvalue weighted by atomic mass is 16.5. The van der Waals surface area contributed by atoms with Gasteiger partial charge in [-0.25, -0.2) is 0 Å². The summed E-state index contributed by atoms with van der Waals surface area (Å²) in [5.41, 5.74) is 0.854. The standard InChI is InChI=1S/C17H18O2/c1-13(2)12-19-17-10-9-14-6-3-4-7-15(14)16(17)8-5-11-18/h3-4,6-7,9-10,13,18H,11-12H2,1-2H3. The molecule has 0 aliphatic heterocycles. The summed E-state index contributed by atoms with van der Waals surface area (Å²) in [6.07, 6.45) is 0. The maximum Gasteiger partial charge on any atom is 0.135 e. The normalized spacial score (nSPS) is 10.3. The molecule has 19 heavy (non-hydrogen) atoms. The number of rotatable bonds is 3. The minimum Gasteiger partial charge on any atom is -0.492 e. The van der Waals surface area contributed by atoms with Crippen LogP contribution >= 0.6 is 0 Å². The van der Waals surface area contributed by atoms with Gasteiger partial charge >= 0.3 is 0 Å². The van der Waals surface area contributed by atoms with Gasteiger partial charge in [0.2, 0.25) is 0 Å². The molecule has 2 aromatic carbocycles. The van der Waals surface area contributed by atoms with Crippen LogP contribution in [0.3, 0.4) is 0 Å². The van der Waals surface area contributed by atoms with Crippen LogP contribution < -0.4 is 4.74 Å². The van der Waals surface area contributed by atoms with E-state index in [1.807, 2.05) is 36.4 Å². The lowest BCUT2D eigenvalue weighted by Gasteiger charge is -2.12. The third kappa shape index (κ3) is 3.27. The number of benzene rings is 2.